The fraction of sp³-hybridized carbons (Fsp3) is 0.115. The van der Waals surface area contributed by atoms with Crippen LogP contribution in [0.4, 0.5) is 4.39 Å². The van der Waals surface area contributed by atoms with Crippen molar-refractivity contribution >= 4 is 50.8 Å². The van der Waals surface area contributed by atoms with Crippen LogP contribution in [0.15, 0.2) is 61.3 Å². The summed E-state index contributed by atoms with van der Waals surface area (Å²) in [7, 11) is 0. The van der Waals surface area contributed by atoms with E-state index in [2.05, 4.69) is 4.99 Å². The standard InChI is InChI=1S/C26H15FN2O4/c27-17-9-18-21(25-16(17)6-7-32-25)23-22-19(30)2-1-3-20(22)33-26(31)24(23)29(18)12-13-4-5-14-10-28-11-15(14)8-13/h1,3-10H,2,11-12H2. The van der Waals surface area contributed by atoms with Crippen molar-refractivity contribution in [3.63, 3.8) is 0 Å². The highest BCUT2D eigenvalue weighted by molar-refractivity contribution is 6.26. The number of carbonyl (C=O) groups excluding carboxylic acids is 1. The molecule has 0 atom stereocenters. The Labute approximate surface area is 185 Å². The average molecular weight is 438 g/mol. The molecule has 2 aromatic carbocycles. The van der Waals surface area contributed by atoms with E-state index in [0.717, 1.165) is 16.7 Å². The van der Waals surface area contributed by atoms with E-state index in [1.54, 1.807) is 22.8 Å². The Kier molecular flexibility index (Phi) is 3.55. The molecule has 0 bridgehead atoms. The third kappa shape index (κ3) is 2.44. The van der Waals surface area contributed by atoms with E-state index in [4.69, 9.17) is 8.83 Å². The van der Waals surface area contributed by atoms with Crippen LogP contribution in [-0.2, 0) is 13.1 Å². The second-order valence-electron chi connectivity index (χ2n) is 8.39. The molecule has 7 heteroatoms. The number of Topliss-reactive ketones (excluding diaryl/α,β-unsaturated/α-hetero) is 1. The number of fused-ring (bicyclic) bond motifs is 8. The molecule has 0 saturated heterocycles. The minimum atomic E-state index is -0.580. The van der Waals surface area contributed by atoms with Gasteiger partial charge in [0.2, 0.25) is 0 Å². The smallest absolute Gasteiger partial charge is 0.361 e. The number of rotatable bonds is 2. The molecule has 0 unspecified atom stereocenters. The van der Waals surface area contributed by atoms with Crippen LogP contribution < -0.4 is 5.63 Å². The van der Waals surface area contributed by atoms with Gasteiger partial charge in [0.05, 0.1) is 34.7 Å². The highest BCUT2D eigenvalue weighted by Crippen LogP contribution is 2.40. The van der Waals surface area contributed by atoms with Gasteiger partial charge in [0.1, 0.15) is 22.7 Å². The summed E-state index contributed by atoms with van der Waals surface area (Å²) in [6.07, 6.45) is 6.77. The average Bonchev–Trinajstić information content (AvgIpc) is 3.52. The van der Waals surface area contributed by atoms with Crippen molar-refractivity contribution in [3.05, 3.63) is 86.9 Å². The van der Waals surface area contributed by atoms with Crippen molar-refractivity contribution in [2.24, 2.45) is 4.99 Å². The molecule has 33 heavy (non-hydrogen) atoms. The summed E-state index contributed by atoms with van der Waals surface area (Å²) in [4.78, 5) is 30.5. The molecule has 1 aliphatic heterocycles. The van der Waals surface area contributed by atoms with Gasteiger partial charge in [0, 0.05) is 24.6 Å². The number of furan rings is 1. The monoisotopic (exact) mass is 438 g/mol. The third-order valence-corrected chi connectivity index (χ3v) is 6.50. The van der Waals surface area contributed by atoms with E-state index in [1.165, 1.54) is 12.3 Å². The second kappa shape index (κ2) is 6.38. The Morgan fingerprint density at radius 3 is 2.94 bits per heavy atom. The minimum Gasteiger partial charge on any atom is -0.463 e. The van der Waals surface area contributed by atoms with Crippen molar-refractivity contribution in [1.29, 1.82) is 0 Å². The van der Waals surface area contributed by atoms with Crippen LogP contribution in [0.2, 0.25) is 0 Å². The summed E-state index contributed by atoms with van der Waals surface area (Å²) >= 11 is 0. The molecular weight excluding hydrogens is 423 g/mol. The third-order valence-electron chi connectivity index (χ3n) is 6.50. The van der Waals surface area contributed by atoms with Crippen LogP contribution in [0.25, 0.3) is 38.9 Å². The van der Waals surface area contributed by atoms with Gasteiger partial charge < -0.3 is 13.4 Å². The molecule has 0 fully saturated rings. The molecule has 0 N–H and O–H groups in total. The first-order valence-electron chi connectivity index (χ1n) is 10.6. The molecule has 0 amide bonds. The van der Waals surface area contributed by atoms with Crippen molar-refractivity contribution in [1.82, 2.24) is 4.57 Å². The Morgan fingerprint density at radius 1 is 1.12 bits per heavy atom. The number of hydrogen-bond acceptors (Lipinski definition) is 5. The number of aromatic nitrogens is 1. The fourth-order valence-corrected chi connectivity index (χ4v) is 5.06. The molecule has 5 aromatic rings. The highest BCUT2D eigenvalue weighted by Gasteiger charge is 2.29. The maximum absolute atomic E-state index is 15.0. The summed E-state index contributed by atoms with van der Waals surface area (Å²) in [6.45, 7) is 0.904. The first kappa shape index (κ1) is 18.3. The zero-order valence-corrected chi connectivity index (χ0v) is 17.2. The summed E-state index contributed by atoms with van der Waals surface area (Å²) in [6, 6.07) is 8.93. The number of nitrogens with zero attached hydrogens (tertiary/aromatic N) is 2. The maximum atomic E-state index is 15.0. The van der Waals surface area contributed by atoms with Crippen molar-refractivity contribution in [2.75, 3.05) is 0 Å². The maximum Gasteiger partial charge on any atom is 0.361 e. The largest absolute Gasteiger partial charge is 0.463 e. The Bertz CT molecular complexity index is 1800. The quantitative estimate of drug-likeness (QED) is 0.379. The number of aliphatic imine (C=N–C) groups is 1. The normalized spacial score (nSPS) is 14.6. The fourth-order valence-electron chi connectivity index (χ4n) is 5.06. The topological polar surface area (TPSA) is 77.7 Å². The second-order valence-corrected chi connectivity index (χ2v) is 8.39. The summed E-state index contributed by atoms with van der Waals surface area (Å²) in [5.74, 6) is -0.386. The molecule has 4 heterocycles. The van der Waals surface area contributed by atoms with Gasteiger partial charge in [-0.15, -0.1) is 0 Å². The zero-order valence-electron chi connectivity index (χ0n) is 17.2. The van der Waals surface area contributed by atoms with Crippen LogP contribution >= 0.6 is 0 Å². The molecule has 0 radical (unpaired) electrons. The van der Waals surface area contributed by atoms with Gasteiger partial charge in [-0.25, -0.2) is 9.18 Å². The van der Waals surface area contributed by atoms with Crippen LogP contribution in [0.3, 0.4) is 0 Å². The van der Waals surface area contributed by atoms with E-state index in [-0.39, 0.29) is 23.5 Å². The van der Waals surface area contributed by atoms with Crippen LogP contribution in [0, 0.1) is 5.82 Å². The summed E-state index contributed by atoms with van der Waals surface area (Å²) in [5.41, 5.74) is 3.86. The van der Waals surface area contributed by atoms with E-state index in [1.807, 2.05) is 24.4 Å². The number of ketones is 1. The summed E-state index contributed by atoms with van der Waals surface area (Å²) < 4.78 is 28.0. The van der Waals surface area contributed by atoms with Gasteiger partial charge >= 0.3 is 5.63 Å². The lowest BCUT2D eigenvalue weighted by Gasteiger charge is -2.11. The SMILES string of the molecule is O=C1CC=Cc2oc(=O)c3c(c21)c1c2occc2c(F)cc1n3Cc1ccc2c(c1)CN=C2. The Hall–Kier alpha value is -4.26. The lowest BCUT2D eigenvalue weighted by atomic mass is 9.96. The van der Waals surface area contributed by atoms with Crippen molar-refractivity contribution < 1.29 is 18.0 Å². The molecule has 6 nitrogen and oxygen atoms in total. The first-order valence-corrected chi connectivity index (χ1v) is 10.6. The number of allylic oxidation sites excluding steroid dienone is 1. The molecule has 1 aliphatic carbocycles. The number of benzene rings is 2. The van der Waals surface area contributed by atoms with Crippen LogP contribution in [0.1, 0.15) is 39.2 Å². The number of halogens is 1. The Morgan fingerprint density at radius 2 is 2.03 bits per heavy atom. The molecule has 7 rings (SSSR count). The van der Waals surface area contributed by atoms with Crippen molar-refractivity contribution in [3.8, 4) is 0 Å². The van der Waals surface area contributed by atoms with Crippen LogP contribution in [-0.4, -0.2) is 16.6 Å². The van der Waals surface area contributed by atoms with E-state index < -0.39 is 11.4 Å². The molecule has 160 valence electrons. The zero-order chi connectivity index (χ0) is 22.3. The molecule has 0 spiro atoms. The van der Waals surface area contributed by atoms with Gasteiger partial charge in [-0.05, 0) is 34.9 Å². The molecule has 3 aromatic heterocycles. The Balaban J connectivity index is 1.63. The van der Waals surface area contributed by atoms with Crippen molar-refractivity contribution in [2.45, 2.75) is 19.5 Å². The molecule has 2 aliphatic rings. The molecule has 0 saturated carbocycles. The van der Waals surface area contributed by atoms with E-state index in [0.29, 0.717) is 45.9 Å². The lowest BCUT2D eigenvalue weighted by Crippen LogP contribution is -2.14. The predicted octanol–water partition coefficient (Wildman–Crippen LogP) is 5.21. The van der Waals surface area contributed by atoms with Gasteiger partial charge in [-0.2, -0.15) is 0 Å². The van der Waals surface area contributed by atoms with Gasteiger partial charge in [-0.3, -0.25) is 9.79 Å². The molecular formula is C26H15FN2O4. The van der Waals surface area contributed by atoms with Gasteiger partial charge in [0.15, 0.2) is 5.78 Å². The van der Waals surface area contributed by atoms with E-state index >= 15 is 4.39 Å². The minimum absolute atomic E-state index is 0.154. The van der Waals surface area contributed by atoms with E-state index in [9.17, 15) is 9.59 Å². The lowest BCUT2D eigenvalue weighted by molar-refractivity contribution is 0.0993. The summed E-state index contributed by atoms with van der Waals surface area (Å²) in [5, 5.41) is 1.30. The number of hydrogen-bond donors (Lipinski definition) is 0. The van der Waals surface area contributed by atoms with Crippen LogP contribution in [0.5, 0.6) is 0 Å². The van der Waals surface area contributed by atoms with Gasteiger partial charge in [0.25, 0.3) is 0 Å². The highest BCUT2D eigenvalue weighted by atomic mass is 19.1. The van der Waals surface area contributed by atoms with Gasteiger partial charge in [-0.1, -0.05) is 24.3 Å². The number of carbonyl (C=O) groups is 1. The first-order chi connectivity index (χ1) is 16.1. The predicted molar refractivity (Wildman–Crippen MR) is 123 cm³/mol.